The fourth-order valence-corrected chi connectivity index (χ4v) is 3.55. The van der Waals surface area contributed by atoms with Crippen molar-refractivity contribution in [1.29, 1.82) is 0 Å². The zero-order valence-electron chi connectivity index (χ0n) is 16.6. The van der Waals surface area contributed by atoms with Gasteiger partial charge in [-0.1, -0.05) is 31.0 Å². The van der Waals surface area contributed by atoms with Crippen LogP contribution in [0.5, 0.6) is 0 Å². The number of hydrogen-bond acceptors (Lipinski definition) is 6. The van der Waals surface area contributed by atoms with Gasteiger partial charge in [0.1, 0.15) is 12.6 Å². The molecular formula is C18H29N5O6S. The first kappa shape index (κ1) is 25.3. The van der Waals surface area contributed by atoms with Gasteiger partial charge in [-0.25, -0.2) is 8.42 Å². The molecule has 1 amide bonds. The number of ether oxygens (including phenoxy) is 1. The Labute approximate surface area is 175 Å². The van der Waals surface area contributed by atoms with Crippen molar-refractivity contribution in [1.82, 2.24) is 10.0 Å². The number of carboxylic acids is 1. The van der Waals surface area contributed by atoms with Gasteiger partial charge in [0, 0.05) is 19.7 Å². The minimum atomic E-state index is -4.03. The van der Waals surface area contributed by atoms with Crippen molar-refractivity contribution in [2.24, 2.45) is 16.5 Å². The summed E-state index contributed by atoms with van der Waals surface area (Å²) < 4.78 is 31.8. The summed E-state index contributed by atoms with van der Waals surface area (Å²) in [5.41, 5.74) is 10.4. The topological polar surface area (TPSA) is 186 Å². The summed E-state index contributed by atoms with van der Waals surface area (Å²) in [5, 5.41) is 11.6. The molecule has 12 heteroatoms. The van der Waals surface area contributed by atoms with E-state index in [1.807, 2.05) is 0 Å². The Morgan fingerprint density at radius 3 is 2.40 bits per heavy atom. The highest BCUT2D eigenvalue weighted by atomic mass is 32.2. The first-order valence-corrected chi connectivity index (χ1v) is 10.9. The smallest absolute Gasteiger partial charge is 0.323 e. The Hall–Kier alpha value is -2.70. The standard InChI is InChI=1S/C18H29N5O6S/c19-18(20)21-10-6-1-2-7-11-29-13-16(24)22-12-15(17(25)26)23-30(27,28)14-8-4-3-5-9-14/h3-5,8-9,15,23H,1-2,6-7,10-13H2,(H,22,24)(H,25,26)(H4,19,20,21). The van der Waals surface area contributed by atoms with Crippen LogP contribution in [-0.2, 0) is 24.3 Å². The van der Waals surface area contributed by atoms with Gasteiger partial charge in [-0.3, -0.25) is 14.6 Å². The second-order valence-corrected chi connectivity index (χ2v) is 8.12. The van der Waals surface area contributed by atoms with E-state index in [0.717, 1.165) is 25.7 Å². The van der Waals surface area contributed by atoms with E-state index in [-0.39, 0.29) is 17.5 Å². The number of carbonyl (C=O) groups excluding carboxylic acids is 1. The average molecular weight is 444 g/mol. The maximum atomic E-state index is 12.2. The highest BCUT2D eigenvalue weighted by Gasteiger charge is 2.25. The van der Waals surface area contributed by atoms with Gasteiger partial charge in [-0.05, 0) is 25.0 Å². The number of guanidine groups is 1. The second-order valence-electron chi connectivity index (χ2n) is 6.40. The molecular weight excluding hydrogens is 414 g/mol. The van der Waals surface area contributed by atoms with Crippen LogP contribution in [0, 0.1) is 0 Å². The van der Waals surface area contributed by atoms with E-state index in [4.69, 9.17) is 16.2 Å². The lowest BCUT2D eigenvalue weighted by atomic mass is 10.2. The van der Waals surface area contributed by atoms with Crippen molar-refractivity contribution in [2.45, 2.75) is 36.6 Å². The van der Waals surface area contributed by atoms with Gasteiger partial charge in [0.15, 0.2) is 5.96 Å². The Kier molecular flexibility index (Phi) is 11.4. The third-order valence-corrected chi connectivity index (χ3v) is 5.36. The van der Waals surface area contributed by atoms with Gasteiger partial charge in [-0.15, -0.1) is 0 Å². The molecule has 0 aliphatic heterocycles. The van der Waals surface area contributed by atoms with Gasteiger partial charge < -0.3 is 26.6 Å². The van der Waals surface area contributed by atoms with Crippen LogP contribution in [0.3, 0.4) is 0 Å². The predicted molar refractivity (Wildman–Crippen MR) is 111 cm³/mol. The molecule has 0 fully saturated rings. The summed E-state index contributed by atoms with van der Waals surface area (Å²) in [7, 11) is -4.03. The van der Waals surface area contributed by atoms with Crippen LogP contribution in [0.15, 0.2) is 40.2 Å². The number of unbranched alkanes of at least 4 members (excludes halogenated alkanes) is 3. The quantitative estimate of drug-likeness (QED) is 0.135. The molecule has 1 aromatic rings. The minimum absolute atomic E-state index is 0.0655. The van der Waals surface area contributed by atoms with E-state index >= 15 is 0 Å². The van der Waals surface area contributed by atoms with E-state index in [2.05, 4.69) is 15.0 Å². The molecule has 7 N–H and O–H groups in total. The van der Waals surface area contributed by atoms with Gasteiger partial charge in [0.05, 0.1) is 4.90 Å². The van der Waals surface area contributed by atoms with Crippen molar-refractivity contribution in [3.05, 3.63) is 30.3 Å². The van der Waals surface area contributed by atoms with E-state index in [1.54, 1.807) is 6.07 Å². The minimum Gasteiger partial charge on any atom is -0.480 e. The molecule has 0 saturated carbocycles. The SMILES string of the molecule is NC(N)=NCCCCCCOCC(=O)NCC(NS(=O)(=O)c1ccccc1)C(=O)O. The molecule has 1 atom stereocenters. The molecule has 0 bridgehead atoms. The van der Waals surface area contributed by atoms with Crippen LogP contribution >= 0.6 is 0 Å². The van der Waals surface area contributed by atoms with E-state index < -0.39 is 34.5 Å². The molecule has 0 spiro atoms. The number of benzene rings is 1. The third kappa shape index (κ3) is 10.7. The summed E-state index contributed by atoms with van der Waals surface area (Å²) in [6, 6.07) is 5.86. The molecule has 11 nitrogen and oxygen atoms in total. The van der Waals surface area contributed by atoms with Crippen LogP contribution in [0.4, 0.5) is 0 Å². The summed E-state index contributed by atoms with van der Waals surface area (Å²) >= 11 is 0. The normalized spacial score (nSPS) is 12.1. The van der Waals surface area contributed by atoms with E-state index in [0.29, 0.717) is 13.2 Å². The van der Waals surface area contributed by atoms with Crippen molar-refractivity contribution in [3.8, 4) is 0 Å². The highest BCUT2D eigenvalue weighted by molar-refractivity contribution is 7.89. The number of aliphatic carboxylic acids is 1. The summed E-state index contributed by atoms with van der Waals surface area (Å²) in [6.07, 6.45) is 3.43. The highest BCUT2D eigenvalue weighted by Crippen LogP contribution is 2.08. The third-order valence-electron chi connectivity index (χ3n) is 3.88. The molecule has 0 saturated heterocycles. The second kappa shape index (κ2) is 13.5. The van der Waals surface area contributed by atoms with Crippen LogP contribution in [0.25, 0.3) is 0 Å². The Balaban J connectivity index is 2.27. The predicted octanol–water partition coefficient (Wildman–Crippen LogP) is -0.615. The molecule has 0 aliphatic rings. The van der Waals surface area contributed by atoms with Crippen molar-refractivity contribution >= 4 is 27.9 Å². The van der Waals surface area contributed by atoms with Gasteiger partial charge in [0.25, 0.3) is 0 Å². The van der Waals surface area contributed by atoms with Gasteiger partial charge in [-0.2, -0.15) is 4.72 Å². The number of rotatable bonds is 15. The van der Waals surface area contributed by atoms with Crippen molar-refractivity contribution < 1.29 is 27.9 Å². The number of aliphatic imine (C=N–C) groups is 1. The van der Waals surface area contributed by atoms with Crippen LogP contribution in [-0.4, -0.2) is 63.7 Å². The molecule has 1 unspecified atom stereocenters. The Bertz CT molecular complexity index is 797. The van der Waals surface area contributed by atoms with Crippen LogP contribution < -0.4 is 21.5 Å². The van der Waals surface area contributed by atoms with Crippen molar-refractivity contribution in [3.63, 3.8) is 0 Å². The lowest BCUT2D eigenvalue weighted by molar-refractivity contribution is -0.139. The molecule has 0 aliphatic carbocycles. The lowest BCUT2D eigenvalue weighted by Crippen LogP contribution is -2.48. The zero-order valence-corrected chi connectivity index (χ0v) is 17.4. The number of carbonyl (C=O) groups is 2. The Morgan fingerprint density at radius 2 is 1.77 bits per heavy atom. The van der Waals surface area contributed by atoms with E-state index in [1.165, 1.54) is 24.3 Å². The van der Waals surface area contributed by atoms with Gasteiger partial charge >= 0.3 is 5.97 Å². The number of hydrogen-bond donors (Lipinski definition) is 5. The maximum Gasteiger partial charge on any atom is 0.323 e. The number of sulfonamides is 1. The monoisotopic (exact) mass is 443 g/mol. The van der Waals surface area contributed by atoms with Crippen LogP contribution in [0.2, 0.25) is 0 Å². The van der Waals surface area contributed by atoms with Crippen LogP contribution in [0.1, 0.15) is 25.7 Å². The largest absolute Gasteiger partial charge is 0.480 e. The zero-order chi connectivity index (χ0) is 22.4. The molecule has 30 heavy (non-hydrogen) atoms. The Morgan fingerprint density at radius 1 is 1.10 bits per heavy atom. The molecule has 1 rings (SSSR count). The number of carboxylic acid groups (broad SMARTS) is 1. The molecule has 168 valence electrons. The number of nitrogens with zero attached hydrogens (tertiary/aromatic N) is 1. The first-order valence-electron chi connectivity index (χ1n) is 9.42. The number of amides is 1. The molecule has 0 heterocycles. The fourth-order valence-electron chi connectivity index (χ4n) is 2.34. The summed E-state index contributed by atoms with van der Waals surface area (Å²) in [5.74, 6) is -1.87. The number of nitrogens with one attached hydrogen (secondary N) is 2. The number of nitrogens with two attached hydrogens (primary N) is 2. The summed E-state index contributed by atoms with van der Waals surface area (Å²) in [6.45, 7) is 0.295. The van der Waals surface area contributed by atoms with E-state index in [9.17, 15) is 23.1 Å². The fraction of sp³-hybridized carbons (Fsp3) is 0.500. The molecule has 0 aromatic heterocycles. The maximum absolute atomic E-state index is 12.2. The average Bonchev–Trinajstić information content (AvgIpc) is 2.70. The first-order chi connectivity index (χ1) is 14.2. The molecule has 1 aromatic carbocycles. The van der Waals surface area contributed by atoms with Crippen molar-refractivity contribution in [2.75, 3.05) is 26.3 Å². The van der Waals surface area contributed by atoms with Gasteiger partial charge in [0.2, 0.25) is 15.9 Å². The summed E-state index contributed by atoms with van der Waals surface area (Å²) in [4.78, 5) is 26.9. The molecule has 0 radical (unpaired) electrons. The lowest BCUT2D eigenvalue weighted by Gasteiger charge is -2.15.